The van der Waals surface area contributed by atoms with Crippen molar-refractivity contribution in [2.75, 3.05) is 26.1 Å². The summed E-state index contributed by atoms with van der Waals surface area (Å²) < 4.78 is 9.68. The third-order valence-electron chi connectivity index (χ3n) is 2.15. The molecule has 0 spiro atoms. The molecule has 4 N–H and O–H groups in total. The first-order valence-electron chi connectivity index (χ1n) is 5.01. The second kappa shape index (κ2) is 6.07. The standard InChI is InChI=1S/C11H16N2O4/c1-16-6-8(12)11(15)13-9-4-3-7(17-2)5-10(9)14/h3-5,8,14H,6,12H2,1-2H3,(H,13,15). The minimum atomic E-state index is -0.776. The zero-order chi connectivity index (χ0) is 12.8. The van der Waals surface area contributed by atoms with Gasteiger partial charge in [0.1, 0.15) is 17.5 Å². The fourth-order valence-electron chi connectivity index (χ4n) is 1.22. The molecule has 1 atom stereocenters. The van der Waals surface area contributed by atoms with Gasteiger partial charge in [-0.05, 0) is 12.1 Å². The molecule has 0 aromatic heterocycles. The molecule has 0 heterocycles. The fourth-order valence-corrected chi connectivity index (χ4v) is 1.22. The smallest absolute Gasteiger partial charge is 0.243 e. The molecule has 1 unspecified atom stereocenters. The Bertz CT molecular complexity index is 395. The third kappa shape index (κ3) is 3.61. The number of methoxy groups -OCH3 is 2. The molecule has 0 aliphatic rings. The highest BCUT2D eigenvalue weighted by Gasteiger charge is 2.14. The van der Waals surface area contributed by atoms with Crippen LogP contribution in [0.5, 0.6) is 11.5 Å². The number of nitrogens with two attached hydrogens (primary N) is 1. The Balaban J connectivity index is 2.71. The van der Waals surface area contributed by atoms with Crippen LogP contribution in [0.4, 0.5) is 5.69 Å². The highest BCUT2D eigenvalue weighted by atomic mass is 16.5. The van der Waals surface area contributed by atoms with Gasteiger partial charge in [0.15, 0.2) is 0 Å². The number of rotatable bonds is 5. The van der Waals surface area contributed by atoms with E-state index in [4.69, 9.17) is 15.2 Å². The van der Waals surface area contributed by atoms with Crippen molar-refractivity contribution in [2.24, 2.45) is 5.73 Å². The lowest BCUT2D eigenvalue weighted by Gasteiger charge is -2.12. The van der Waals surface area contributed by atoms with E-state index >= 15 is 0 Å². The topological polar surface area (TPSA) is 93.8 Å². The number of benzene rings is 1. The van der Waals surface area contributed by atoms with Crippen molar-refractivity contribution >= 4 is 11.6 Å². The Hall–Kier alpha value is -1.79. The van der Waals surface area contributed by atoms with Crippen molar-refractivity contribution in [2.45, 2.75) is 6.04 Å². The average Bonchev–Trinajstić information content (AvgIpc) is 2.31. The van der Waals surface area contributed by atoms with E-state index in [1.165, 1.54) is 26.4 Å². The van der Waals surface area contributed by atoms with E-state index in [0.717, 1.165) is 0 Å². The molecule has 0 bridgehead atoms. The van der Waals surface area contributed by atoms with Crippen molar-refractivity contribution in [1.82, 2.24) is 0 Å². The average molecular weight is 240 g/mol. The number of carbonyl (C=O) groups excluding carboxylic acids is 1. The molecule has 1 amide bonds. The van der Waals surface area contributed by atoms with Crippen LogP contribution in [0.2, 0.25) is 0 Å². The van der Waals surface area contributed by atoms with Crippen molar-refractivity contribution in [3.63, 3.8) is 0 Å². The zero-order valence-electron chi connectivity index (χ0n) is 9.77. The van der Waals surface area contributed by atoms with Gasteiger partial charge in [-0.1, -0.05) is 0 Å². The van der Waals surface area contributed by atoms with Gasteiger partial charge >= 0.3 is 0 Å². The van der Waals surface area contributed by atoms with Crippen molar-refractivity contribution in [3.8, 4) is 11.5 Å². The van der Waals surface area contributed by atoms with E-state index in [1.54, 1.807) is 6.07 Å². The van der Waals surface area contributed by atoms with Crippen LogP contribution in [-0.2, 0) is 9.53 Å². The Kier molecular flexibility index (Phi) is 4.74. The second-order valence-corrected chi connectivity index (χ2v) is 3.43. The summed E-state index contributed by atoms with van der Waals surface area (Å²) in [7, 11) is 2.94. The molecule has 1 aromatic carbocycles. The molecule has 0 radical (unpaired) electrons. The number of hydrogen-bond donors (Lipinski definition) is 3. The lowest BCUT2D eigenvalue weighted by atomic mass is 10.2. The molecule has 1 aromatic rings. The summed E-state index contributed by atoms with van der Waals surface area (Å²) in [4.78, 5) is 11.6. The molecule has 0 fully saturated rings. The van der Waals surface area contributed by atoms with Gasteiger partial charge in [-0.3, -0.25) is 4.79 Å². The lowest BCUT2D eigenvalue weighted by Crippen LogP contribution is -2.39. The van der Waals surface area contributed by atoms with E-state index in [1.807, 2.05) is 0 Å². The summed E-state index contributed by atoms with van der Waals surface area (Å²) >= 11 is 0. The Labute approximate surface area is 99.3 Å². The number of phenols is 1. The SMILES string of the molecule is COCC(N)C(=O)Nc1ccc(OC)cc1O. The van der Waals surface area contributed by atoms with E-state index < -0.39 is 11.9 Å². The molecule has 0 aliphatic carbocycles. The van der Waals surface area contributed by atoms with Gasteiger partial charge in [0.25, 0.3) is 0 Å². The largest absolute Gasteiger partial charge is 0.506 e. The lowest BCUT2D eigenvalue weighted by molar-refractivity contribution is -0.118. The van der Waals surface area contributed by atoms with E-state index in [-0.39, 0.29) is 18.0 Å². The fraction of sp³-hybridized carbons (Fsp3) is 0.364. The van der Waals surface area contributed by atoms with E-state index in [2.05, 4.69) is 5.32 Å². The molecular weight excluding hydrogens is 224 g/mol. The molecule has 0 saturated carbocycles. The molecule has 0 aliphatic heterocycles. The first-order valence-corrected chi connectivity index (χ1v) is 5.01. The number of phenolic OH excluding ortho intramolecular Hbond substituents is 1. The number of anilines is 1. The van der Waals surface area contributed by atoms with Gasteiger partial charge in [-0.2, -0.15) is 0 Å². The van der Waals surface area contributed by atoms with Gasteiger partial charge < -0.3 is 25.6 Å². The number of nitrogens with one attached hydrogen (secondary N) is 1. The molecule has 17 heavy (non-hydrogen) atoms. The zero-order valence-corrected chi connectivity index (χ0v) is 9.77. The molecule has 6 heteroatoms. The first-order chi connectivity index (χ1) is 8.08. The van der Waals surface area contributed by atoms with E-state index in [0.29, 0.717) is 5.75 Å². The summed E-state index contributed by atoms with van der Waals surface area (Å²) in [5, 5.41) is 12.1. The number of carbonyl (C=O) groups is 1. The maximum atomic E-state index is 11.6. The summed E-state index contributed by atoms with van der Waals surface area (Å²) in [6, 6.07) is 3.78. The summed E-state index contributed by atoms with van der Waals surface area (Å²) in [5.41, 5.74) is 5.82. The maximum Gasteiger partial charge on any atom is 0.243 e. The summed E-state index contributed by atoms with van der Waals surface area (Å²) in [6.07, 6.45) is 0. The van der Waals surface area contributed by atoms with Gasteiger partial charge in [-0.25, -0.2) is 0 Å². The summed E-state index contributed by atoms with van der Waals surface area (Å²) in [6.45, 7) is 0.114. The highest BCUT2D eigenvalue weighted by Crippen LogP contribution is 2.27. The van der Waals surface area contributed by atoms with Crippen LogP contribution in [0, 0.1) is 0 Å². The number of aromatic hydroxyl groups is 1. The molecule has 0 saturated heterocycles. The van der Waals surface area contributed by atoms with Crippen LogP contribution in [-0.4, -0.2) is 37.9 Å². The normalized spacial score (nSPS) is 11.9. The van der Waals surface area contributed by atoms with Crippen LogP contribution in [0.25, 0.3) is 0 Å². The quantitative estimate of drug-likeness (QED) is 0.644. The second-order valence-electron chi connectivity index (χ2n) is 3.43. The Morgan fingerprint density at radius 1 is 1.53 bits per heavy atom. The number of hydrogen-bond acceptors (Lipinski definition) is 5. The number of ether oxygens (including phenoxy) is 2. The Morgan fingerprint density at radius 2 is 2.24 bits per heavy atom. The monoisotopic (exact) mass is 240 g/mol. The van der Waals surface area contributed by atoms with Crippen LogP contribution >= 0.6 is 0 Å². The molecule has 1 rings (SSSR count). The number of amides is 1. The van der Waals surface area contributed by atoms with Crippen LogP contribution in [0.3, 0.4) is 0 Å². The molecule has 94 valence electrons. The van der Waals surface area contributed by atoms with Gasteiger partial charge in [-0.15, -0.1) is 0 Å². The van der Waals surface area contributed by atoms with E-state index in [9.17, 15) is 9.90 Å². The predicted octanol–water partition coefficient (Wildman–Crippen LogP) is 0.313. The van der Waals surface area contributed by atoms with Crippen LogP contribution < -0.4 is 15.8 Å². The van der Waals surface area contributed by atoms with Crippen molar-refractivity contribution in [3.05, 3.63) is 18.2 Å². The summed E-state index contributed by atoms with van der Waals surface area (Å²) in [5.74, 6) is -0.00340. The van der Waals surface area contributed by atoms with Gasteiger partial charge in [0.05, 0.1) is 19.4 Å². The van der Waals surface area contributed by atoms with Gasteiger partial charge in [0, 0.05) is 13.2 Å². The van der Waals surface area contributed by atoms with Crippen molar-refractivity contribution < 1.29 is 19.4 Å². The minimum absolute atomic E-state index is 0.0812. The third-order valence-corrected chi connectivity index (χ3v) is 2.15. The molecule has 6 nitrogen and oxygen atoms in total. The Morgan fingerprint density at radius 3 is 2.76 bits per heavy atom. The van der Waals surface area contributed by atoms with Crippen molar-refractivity contribution in [1.29, 1.82) is 0 Å². The van der Waals surface area contributed by atoms with Gasteiger partial charge in [0.2, 0.25) is 5.91 Å². The molecular formula is C11H16N2O4. The maximum absolute atomic E-state index is 11.6. The highest BCUT2D eigenvalue weighted by molar-refractivity contribution is 5.96. The predicted molar refractivity (Wildman–Crippen MR) is 63.1 cm³/mol. The van der Waals surface area contributed by atoms with Crippen LogP contribution in [0.15, 0.2) is 18.2 Å². The minimum Gasteiger partial charge on any atom is -0.506 e. The van der Waals surface area contributed by atoms with Crippen LogP contribution in [0.1, 0.15) is 0 Å². The first kappa shape index (κ1) is 13.3.